The van der Waals surface area contributed by atoms with Crippen LogP contribution in [0.15, 0.2) is 36.5 Å². The molecule has 28 heavy (non-hydrogen) atoms. The second-order valence-corrected chi connectivity index (χ2v) is 8.13. The third-order valence-corrected chi connectivity index (χ3v) is 5.51. The van der Waals surface area contributed by atoms with Gasteiger partial charge in [0.15, 0.2) is 0 Å². The summed E-state index contributed by atoms with van der Waals surface area (Å²) in [5.41, 5.74) is 2.58. The number of hydrogen-bond donors (Lipinski definition) is 1. The van der Waals surface area contributed by atoms with Crippen molar-refractivity contribution in [3.05, 3.63) is 58.4 Å². The lowest BCUT2D eigenvalue weighted by molar-refractivity contribution is -0.137. The first-order chi connectivity index (χ1) is 13.2. The number of alkyl halides is 3. The largest absolute Gasteiger partial charge is 0.416 e. The van der Waals surface area contributed by atoms with Crippen molar-refractivity contribution in [3.8, 4) is 0 Å². The van der Waals surface area contributed by atoms with Crippen molar-refractivity contribution in [2.24, 2.45) is 5.92 Å². The molecule has 0 aliphatic carbocycles. The van der Waals surface area contributed by atoms with Crippen LogP contribution in [-0.4, -0.2) is 16.5 Å². The van der Waals surface area contributed by atoms with Crippen molar-refractivity contribution < 1.29 is 13.2 Å². The van der Waals surface area contributed by atoms with Crippen LogP contribution >= 0.6 is 11.6 Å². The van der Waals surface area contributed by atoms with Crippen LogP contribution in [0.1, 0.15) is 43.1 Å². The van der Waals surface area contributed by atoms with Gasteiger partial charge in [0.1, 0.15) is 5.82 Å². The van der Waals surface area contributed by atoms with Gasteiger partial charge in [-0.25, -0.2) is 4.98 Å². The Morgan fingerprint density at radius 1 is 1.25 bits per heavy atom. The molecule has 1 aromatic carbocycles. The third kappa shape index (κ3) is 3.46. The van der Waals surface area contributed by atoms with Gasteiger partial charge in [0, 0.05) is 34.4 Å². The lowest BCUT2D eigenvalue weighted by atomic mass is 9.91. The van der Waals surface area contributed by atoms with Crippen LogP contribution in [0.2, 0.25) is 5.02 Å². The SMILES string of the molecule is CC(C)C[C@H]1c2[nH]c3ccc(Cl)cc3c2CCN1c1cc(C(F)(F)F)ccn1. The number of pyridine rings is 1. The molecule has 0 amide bonds. The van der Waals surface area contributed by atoms with Crippen LogP contribution in [0, 0.1) is 5.92 Å². The fourth-order valence-corrected chi connectivity index (χ4v) is 4.23. The molecule has 0 unspecified atom stereocenters. The summed E-state index contributed by atoms with van der Waals surface area (Å²) >= 11 is 6.18. The first-order valence-electron chi connectivity index (χ1n) is 9.34. The maximum atomic E-state index is 13.2. The molecule has 0 fully saturated rings. The summed E-state index contributed by atoms with van der Waals surface area (Å²) in [4.78, 5) is 9.75. The number of aromatic nitrogens is 2. The molecule has 0 saturated carbocycles. The smallest absolute Gasteiger partial charge is 0.356 e. The summed E-state index contributed by atoms with van der Waals surface area (Å²) in [6.45, 7) is 4.84. The molecule has 1 aliphatic rings. The highest BCUT2D eigenvalue weighted by molar-refractivity contribution is 6.31. The minimum absolute atomic E-state index is 0.0640. The summed E-state index contributed by atoms with van der Waals surface area (Å²) < 4.78 is 39.6. The van der Waals surface area contributed by atoms with Crippen LogP contribution < -0.4 is 4.90 Å². The van der Waals surface area contributed by atoms with E-state index in [1.165, 1.54) is 11.8 Å². The zero-order valence-corrected chi connectivity index (χ0v) is 16.4. The molecule has 0 saturated heterocycles. The number of hydrogen-bond acceptors (Lipinski definition) is 2. The van der Waals surface area contributed by atoms with Gasteiger partial charge in [-0.1, -0.05) is 25.4 Å². The Hall–Kier alpha value is -2.21. The highest BCUT2D eigenvalue weighted by Gasteiger charge is 2.35. The number of rotatable bonds is 3. The van der Waals surface area contributed by atoms with Crippen molar-refractivity contribution >= 4 is 28.3 Å². The topological polar surface area (TPSA) is 31.9 Å². The van der Waals surface area contributed by atoms with Crippen molar-refractivity contribution in [1.29, 1.82) is 0 Å². The summed E-state index contributed by atoms with van der Waals surface area (Å²) in [5, 5.41) is 1.77. The van der Waals surface area contributed by atoms with Gasteiger partial charge in [-0.15, -0.1) is 0 Å². The molecule has 0 bridgehead atoms. The molecule has 4 rings (SSSR count). The van der Waals surface area contributed by atoms with Crippen LogP contribution in [0.25, 0.3) is 10.9 Å². The quantitative estimate of drug-likeness (QED) is 0.545. The van der Waals surface area contributed by atoms with Gasteiger partial charge >= 0.3 is 6.18 Å². The van der Waals surface area contributed by atoms with E-state index in [-0.39, 0.29) is 6.04 Å². The molecule has 7 heteroatoms. The number of nitrogens with zero attached hydrogens (tertiary/aromatic N) is 2. The highest BCUT2D eigenvalue weighted by atomic mass is 35.5. The average molecular weight is 408 g/mol. The van der Waals surface area contributed by atoms with E-state index in [0.29, 0.717) is 23.3 Å². The second-order valence-electron chi connectivity index (χ2n) is 7.70. The molecule has 1 N–H and O–H groups in total. The van der Waals surface area contributed by atoms with Gasteiger partial charge in [-0.05, 0) is 54.7 Å². The number of aromatic amines is 1. The molecule has 1 atom stereocenters. The van der Waals surface area contributed by atoms with Gasteiger partial charge in [-0.3, -0.25) is 0 Å². The molecule has 1 aliphatic heterocycles. The van der Waals surface area contributed by atoms with E-state index in [1.807, 2.05) is 23.1 Å². The molecule has 3 nitrogen and oxygen atoms in total. The van der Waals surface area contributed by atoms with Crippen molar-refractivity contribution in [3.63, 3.8) is 0 Å². The summed E-state index contributed by atoms with van der Waals surface area (Å²) in [7, 11) is 0. The van der Waals surface area contributed by atoms with Crippen molar-refractivity contribution in [2.75, 3.05) is 11.4 Å². The monoisotopic (exact) mass is 407 g/mol. The zero-order valence-electron chi connectivity index (χ0n) is 15.6. The number of halogens is 4. The molecule has 148 valence electrons. The van der Waals surface area contributed by atoms with E-state index >= 15 is 0 Å². The maximum Gasteiger partial charge on any atom is 0.416 e. The van der Waals surface area contributed by atoms with Crippen molar-refractivity contribution in [1.82, 2.24) is 9.97 Å². The minimum Gasteiger partial charge on any atom is -0.356 e. The van der Waals surface area contributed by atoms with E-state index in [2.05, 4.69) is 23.8 Å². The molecule has 0 radical (unpaired) electrons. The van der Waals surface area contributed by atoms with E-state index < -0.39 is 11.7 Å². The summed E-state index contributed by atoms with van der Waals surface area (Å²) in [6, 6.07) is 7.85. The van der Waals surface area contributed by atoms with Crippen LogP contribution in [0.5, 0.6) is 0 Å². The number of fused-ring (bicyclic) bond motifs is 3. The average Bonchev–Trinajstić information content (AvgIpc) is 2.99. The van der Waals surface area contributed by atoms with E-state index in [0.717, 1.165) is 41.6 Å². The predicted molar refractivity (Wildman–Crippen MR) is 106 cm³/mol. The third-order valence-electron chi connectivity index (χ3n) is 5.28. The Kier molecular flexibility index (Phi) is 4.78. The molecule has 3 heterocycles. The van der Waals surface area contributed by atoms with Crippen LogP contribution in [-0.2, 0) is 12.6 Å². The molecule has 2 aromatic heterocycles. The summed E-state index contributed by atoms with van der Waals surface area (Å²) in [6.07, 6.45) is -1.61. The predicted octanol–water partition coefficient (Wildman–Crippen LogP) is 6.39. The first-order valence-corrected chi connectivity index (χ1v) is 9.71. The summed E-state index contributed by atoms with van der Waals surface area (Å²) in [5.74, 6) is 0.738. The van der Waals surface area contributed by atoms with E-state index in [4.69, 9.17) is 11.6 Å². The first kappa shape index (κ1) is 19.1. The van der Waals surface area contributed by atoms with Gasteiger partial charge in [-0.2, -0.15) is 13.2 Å². The second kappa shape index (κ2) is 6.99. The minimum atomic E-state index is -4.38. The molecule has 0 spiro atoms. The Morgan fingerprint density at radius 3 is 2.75 bits per heavy atom. The Morgan fingerprint density at radius 2 is 2.04 bits per heavy atom. The van der Waals surface area contributed by atoms with Gasteiger partial charge in [0.2, 0.25) is 0 Å². The maximum absolute atomic E-state index is 13.2. The van der Waals surface area contributed by atoms with Crippen molar-refractivity contribution in [2.45, 2.75) is 38.9 Å². The highest BCUT2D eigenvalue weighted by Crippen LogP contribution is 2.41. The fourth-order valence-electron chi connectivity index (χ4n) is 4.06. The Bertz CT molecular complexity index is 1010. The van der Waals surface area contributed by atoms with Gasteiger partial charge in [0.25, 0.3) is 0 Å². The van der Waals surface area contributed by atoms with E-state index in [9.17, 15) is 13.2 Å². The fraction of sp³-hybridized carbons (Fsp3) is 0.381. The molecule has 3 aromatic rings. The van der Waals surface area contributed by atoms with Crippen LogP contribution in [0.4, 0.5) is 19.0 Å². The Balaban J connectivity index is 1.81. The lowest BCUT2D eigenvalue weighted by Gasteiger charge is -2.38. The standard InChI is InChI=1S/C21H21ClF3N3/c1-12(2)9-18-20-15(16-11-14(22)3-4-17(16)27-20)6-8-28(18)19-10-13(5-7-26-19)21(23,24)25/h3-5,7,10-12,18,27H,6,8-9H2,1-2H3/t18-/m0/s1. The number of benzene rings is 1. The number of nitrogens with one attached hydrogen (secondary N) is 1. The molecular formula is C21H21ClF3N3. The zero-order chi connectivity index (χ0) is 20.1. The van der Waals surface area contributed by atoms with Gasteiger partial charge < -0.3 is 9.88 Å². The molecular weight excluding hydrogens is 387 g/mol. The Labute approximate surface area is 166 Å². The van der Waals surface area contributed by atoms with E-state index in [1.54, 1.807) is 0 Å². The lowest BCUT2D eigenvalue weighted by Crippen LogP contribution is -2.37. The van der Waals surface area contributed by atoms with Crippen LogP contribution in [0.3, 0.4) is 0 Å². The van der Waals surface area contributed by atoms with Gasteiger partial charge in [0.05, 0.1) is 11.6 Å². The normalized spacial score (nSPS) is 17.4. The number of anilines is 1. The number of H-pyrrole nitrogens is 1.